The summed E-state index contributed by atoms with van der Waals surface area (Å²) >= 11 is -5.51. The van der Waals surface area contributed by atoms with Crippen molar-refractivity contribution in [2.45, 2.75) is 21.1 Å². The molecule has 2 heterocycles. The molecule has 2 aliphatic rings. The molecule has 0 amide bonds. The maximum atomic E-state index is 9.20. The van der Waals surface area contributed by atoms with E-state index in [1.165, 1.54) is 43.8 Å². The number of rotatable bonds is 7. The molecule has 0 fully saturated rings. The Morgan fingerprint density at radius 1 is 0.482 bits per heavy atom. The van der Waals surface area contributed by atoms with Crippen LogP contribution in [0.2, 0.25) is 0 Å². The number of hydrogen-bond acceptors (Lipinski definition) is 2. The second-order valence-corrected chi connectivity index (χ2v) is 53.7. The Morgan fingerprint density at radius 3 is 1.36 bits per heavy atom. The van der Waals surface area contributed by atoms with Crippen LogP contribution in [0.1, 0.15) is 43.4 Å². The Bertz CT molecular complexity index is 2700. The van der Waals surface area contributed by atoms with E-state index in [2.05, 4.69) is 172 Å². The average Bonchev–Trinajstić information content (AvgIpc) is 3.76. The predicted octanol–water partition coefficient (Wildman–Crippen LogP) is 12.3. The molecule has 6 heteroatoms. The molecule has 0 saturated carbocycles. The summed E-state index contributed by atoms with van der Waals surface area (Å²) in [5.41, 5.74) is 13.9. The summed E-state index contributed by atoms with van der Waals surface area (Å²) in [6, 6.07) is 57.0. The third-order valence-electron chi connectivity index (χ3n) is 12.3. The molecule has 0 radical (unpaired) electrons. The summed E-state index contributed by atoms with van der Waals surface area (Å²) in [6.07, 6.45) is 8.48. The second-order valence-electron chi connectivity index (χ2n) is 15.6. The Hall–Kier alpha value is -4.70. The van der Waals surface area contributed by atoms with E-state index in [0.29, 0.717) is 0 Å². The van der Waals surface area contributed by atoms with Gasteiger partial charge in [-0.05, 0) is 0 Å². The van der Waals surface area contributed by atoms with Gasteiger partial charge in [0, 0.05) is 0 Å². The molecule has 0 N–H and O–H groups in total. The van der Waals surface area contributed by atoms with E-state index in [0.717, 1.165) is 44.1 Å². The Kier molecular flexibility index (Phi) is 8.76. The van der Waals surface area contributed by atoms with Crippen LogP contribution in [0.25, 0.3) is 56.2 Å². The van der Waals surface area contributed by atoms with Gasteiger partial charge in [-0.15, -0.1) is 0 Å². The Morgan fingerprint density at radius 2 is 0.911 bits per heavy atom. The molecular formula is C50H39Cl2N2SiZr. The number of nitrogens with zero attached hydrogens (tertiary/aromatic N) is 2. The van der Waals surface area contributed by atoms with Crippen molar-refractivity contribution in [3.63, 3.8) is 0 Å². The number of allylic oxidation sites excluding steroid dienone is 2. The third kappa shape index (κ3) is 5.60. The fourth-order valence-electron chi connectivity index (χ4n) is 10.2. The summed E-state index contributed by atoms with van der Waals surface area (Å²) in [6.45, 7) is 4.55. The van der Waals surface area contributed by atoms with Gasteiger partial charge in [-0.3, -0.25) is 0 Å². The van der Waals surface area contributed by atoms with Crippen molar-refractivity contribution in [3.05, 3.63) is 204 Å². The molecule has 2 aromatic heterocycles. The molecular weight excluding hydrogens is 819 g/mol. The fourth-order valence-corrected chi connectivity index (χ4v) is 61.5. The van der Waals surface area contributed by atoms with Crippen molar-refractivity contribution in [2.24, 2.45) is 0 Å². The topological polar surface area (TPSA) is 25.8 Å². The number of aromatic nitrogens is 2. The first-order chi connectivity index (χ1) is 27.3. The van der Waals surface area contributed by atoms with Crippen molar-refractivity contribution in [2.75, 3.05) is 0 Å². The van der Waals surface area contributed by atoms with Gasteiger partial charge < -0.3 is 0 Å². The first kappa shape index (κ1) is 35.7. The fraction of sp³-hybridized carbons (Fsp3) is 0.0800. The van der Waals surface area contributed by atoms with Gasteiger partial charge in [0.2, 0.25) is 0 Å². The minimum atomic E-state index is -5.51. The first-order valence-electron chi connectivity index (χ1n) is 19.3. The summed E-state index contributed by atoms with van der Waals surface area (Å²) < 4.78 is -0.256. The van der Waals surface area contributed by atoms with Gasteiger partial charge in [-0.25, -0.2) is 0 Å². The summed E-state index contributed by atoms with van der Waals surface area (Å²) in [5, 5.41) is 4.83. The van der Waals surface area contributed by atoms with Crippen LogP contribution in [0.3, 0.4) is 0 Å². The van der Waals surface area contributed by atoms with Gasteiger partial charge in [0.15, 0.2) is 0 Å². The zero-order valence-electron chi connectivity index (χ0n) is 31.2. The molecule has 2 nitrogen and oxygen atoms in total. The SMILES string of the molecule is CC1=Cc2ccc(-c3cccc4cccnc34)cc2[CH]1[Zr]([Cl])([Cl])([CH]1C(C)=Cc2ccc(-c3cccc4cccnc34)cc21)[SiH](c1ccccc1)c1ccccc1. The average molecular weight is 858 g/mol. The third-order valence-corrected chi connectivity index (χ3v) is 54.6. The van der Waals surface area contributed by atoms with Gasteiger partial charge in [0.25, 0.3) is 0 Å². The van der Waals surface area contributed by atoms with E-state index in [-0.39, 0.29) is 7.25 Å². The molecule has 271 valence electrons. The van der Waals surface area contributed by atoms with E-state index in [1.807, 2.05) is 24.5 Å². The van der Waals surface area contributed by atoms with Crippen molar-refractivity contribution in [1.29, 1.82) is 0 Å². The van der Waals surface area contributed by atoms with E-state index in [1.54, 1.807) is 0 Å². The summed E-state index contributed by atoms with van der Waals surface area (Å²) in [5.74, 6) is -2.42. The van der Waals surface area contributed by atoms with Gasteiger partial charge >= 0.3 is 340 Å². The van der Waals surface area contributed by atoms with Gasteiger partial charge in [0.1, 0.15) is 0 Å². The summed E-state index contributed by atoms with van der Waals surface area (Å²) in [7, 11) is 18.4. The van der Waals surface area contributed by atoms with E-state index in [9.17, 15) is 17.0 Å². The van der Waals surface area contributed by atoms with Crippen molar-refractivity contribution in [3.8, 4) is 22.3 Å². The van der Waals surface area contributed by atoms with Crippen molar-refractivity contribution in [1.82, 2.24) is 9.97 Å². The maximum absolute atomic E-state index is 9.20. The molecule has 56 heavy (non-hydrogen) atoms. The number of benzene rings is 6. The Labute approximate surface area is 337 Å². The number of fused-ring (bicyclic) bond motifs is 4. The zero-order chi connectivity index (χ0) is 38.0. The number of pyridine rings is 2. The van der Waals surface area contributed by atoms with Gasteiger partial charge in [0.05, 0.1) is 0 Å². The first-order valence-corrected chi connectivity index (χ1v) is 34.4. The van der Waals surface area contributed by atoms with Crippen LogP contribution < -0.4 is 10.4 Å². The number of halogens is 2. The van der Waals surface area contributed by atoms with Gasteiger partial charge in [-0.1, -0.05) is 0 Å². The normalized spacial score (nSPS) is 17.0. The number of para-hydroxylation sites is 2. The van der Waals surface area contributed by atoms with Crippen LogP contribution in [0.4, 0.5) is 0 Å². The van der Waals surface area contributed by atoms with E-state index < -0.39 is 21.5 Å². The molecule has 10 rings (SSSR count). The van der Waals surface area contributed by atoms with Crippen LogP contribution >= 0.6 is 17.0 Å². The molecule has 0 bridgehead atoms. The molecule has 2 atom stereocenters. The molecule has 0 aliphatic heterocycles. The molecule has 2 aliphatic carbocycles. The Balaban J connectivity index is 1.25. The van der Waals surface area contributed by atoms with E-state index >= 15 is 0 Å². The second kappa shape index (κ2) is 13.7. The van der Waals surface area contributed by atoms with Crippen LogP contribution in [0.15, 0.2) is 181 Å². The predicted molar refractivity (Wildman–Crippen MR) is 238 cm³/mol. The molecule has 6 aromatic carbocycles. The van der Waals surface area contributed by atoms with Gasteiger partial charge in [-0.2, -0.15) is 0 Å². The zero-order valence-corrected chi connectivity index (χ0v) is 36.3. The van der Waals surface area contributed by atoms with E-state index in [4.69, 9.17) is 9.97 Å². The standard InChI is InChI=1S/2C19H14N.C12H11Si.2ClH.Zr/c2*1-13-10-15-7-8-16(12-17(15)11-13)18-6-2-4-14-5-3-9-20-19(14)18;1-3-7-11(8-4-1)13-12-9-5-2-6-10-12;;;/h2*2-12H,1H3;1-10,13H;2*1H;/q;;;;;+2/p-2. The van der Waals surface area contributed by atoms with Crippen LogP contribution in [0.5, 0.6) is 0 Å². The monoisotopic (exact) mass is 855 g/mol. The minimum absolute atomic E-state index is 0.128. The van der Waals surface area contributed by atoms with Crippen LogP contribution in [0, 0.1) is 0 Å². The van der Waals surface area contributed by atoms with Crippen molar-refractivity contribution < 1.29 is 15.6 Å². The van der Waals surface area contributed by atoms with Crippen LogP contribution in [-0.2, 0) is 15.6 Å². The molecule has 0 saturated heterocycles. The molecule has 2 unspecified atom stereocenters. The molecule has 8 aromatic rings. The summed E-state index contributed by atoms with van der Waals surface area (Å²) in [4.78, 5) is 9.70. The van der Waals surface area contributed by atoms with Crippen LogP contribution in [-0.4, -0.2) is 15.9 Å². The molecule has 0 spiro atoms. The quantitative estimate of drug-likeness (QED) is 0.149. The van der Waals surface area contributed by atoms with Crippen molar-refractivity contribution >= 4 is 67.3 Å². The number of hydrogen-bond donors (Lipinski definition) is 0.